The molecular formula is C13H17FN2O. The van der Waals surface area contributed by atoms with Crippen molar-refractivity contribution >= 4 is 0 Å². The first-order chi connectivity index (χ1) is 8.17. The number of hydrogen-bond acceptors (Lipinski definition) is 3. The fourth-order valence-electron chi connectivity index (χ4n) is 1.63. The van der Waals surface area contributed by atoms with Crippen molar-refractivity contribution in [2.24, 2.45) is 0 Å². The quantitative estimate of drug-likeness (QED) is 0.712. The van der Waals surface area contributed by atoms with E-state index in [9.17, 15) is 4.39 Å². The number of unbranched alkanes of at least 4 members (excludes halogenated alkanes) is 1. The van der Waals surface area contributed by atoms with Crippen LogP contribution in [-0.2, 0) is 6.54 Å². The van der Waals surface area contributed by atoms with E-state index in [4.69, 9.17) is 10.00 Å². The molecule has 0 atom stereocenters. The number of rotatable bonds is 6. The third kappa shape index (κ3) is 4.41. The number of methoxy groups -OCH3 is 1. The lowest BCUT2D eigenvalue weighted by molar-refractivity contribution is 0.322. The molecule has 3 nitrogen and oxygen atoms in total. The van der Waals surface area contributed by atoms with E-state index in [0.29, 0.717) is 13.0 Å². The Kier molecular flexibility index (Phi) is 5.44. The molecule has 0 radical (unpaired) electrons. The van der Waals surface area contributed by atoms with Gasteiger partial charge in [0.05, 0.1) is 13.2 Å². The summed E-state index contributed by atoms with van der Waals surface area (Å²) in [4.78, 5) is 2.07. The maximum Gasteiger partial charge on any atom is 0.165 e. The molecule has 0 spiro atoms. The van der Waals surface area contributed by atoms with Crippen LogP contribution in [-0.4, -0.2) is 25.6 Å². The SMILES string of the molecule is COc1ccc(CN(C)CCCC#N)cc1F. The topological polar surface area (TPSA) is 36.3 Å². The first kappa shape index (κ1) is 13.5. The van der Waals surface area contributed by atoms with E-state index < -0.39 is 0 Å². The van der Waals surface area contributed by atoms with Crippen molar-refractivity contribution in [3.05, 3.63) is 29.6 Å². The van der Waals surface area contributed by atoms with Crippen molar-refractivity contribution in [3.63, 3.8) is 0 Å². The van der Waals surface area contributed by atoms with Crippen LogP contribution < -0.4 is 4.74 Å². The molecule has 1 aromatic rings. The van der Waals surface area contributed by atoms with Crippen molar-refractivity contribution in [2.75, 3.05) is 20.7 Å². The summed E-state index contributed by atoms with van der Waals surface area (Å²) in [7, 11) is 3.41. The number of halogens is 1. The minimum absolute atomic E-state index is 0.265. The van der Waals surface area contributed by atoms with Crippen molar-refractivity contribution in [2.45, 2.75) is 19.4 Å². The van der Waals surface area contributed by atoms with E-state index in [-0.39, 0.29) is 11.6 Å². The molecule has 0 N–H and O–H groups in total. The molecule has 0 bridgehead atoms. The number of hydrogen-bond donors (Lipinski definition) is 0. The molecule has 0 fully saturated rings. The molecular weight excluding hydrogens is 219 g/mol. The van der Waals surface area contributed by atoms with Crippen LogP contribution in [0.2, 0.25) is 0 Å². The van der Waals surface area contributed by atoms with E-state index >= 15 is 0 Å². The standard InChI is InChI=1S/C13H17FN2O/c1-16(8-4-3-7-15)10-11-5-6-13(17-2)12(14)9-11/h5-6,9H,3-4,8,10H2,1-2H3. The Morgan fingerprint density at radius 1 is 1.47 bits per heavy atom. The molecule has 0 unspecified atom stereocenters. The van der Waals surface area contributed by atoms with Gasteiger partial charge in [-0.05, 0) is 37.7 Å². The molecule has 92 valence electrons. The Morgan fingerprint density at radius 3 is 2.82 bits per heavy atom. The van der Waals surface area contributed by atoms with Gasteiger partial charge in [-0.15, -0.1) is 0 Å². The highest BCUT2D eigenvalue weighted by molar-refractivity contribution is 5.29. The highest BCUT2D eigenvalue weighted by Crippen LogP contribution is 2.18. The van der Waals surface area contributed by atoms with Crippen LogP contribution in [0.1, 0.15) is 18.4 Å². The monoisotopic (exact) mass is 236 g/mol. The van der Waals surface area contributed by atoms with Crippen LogP contribution >= 0.6 is 0 Å². The van der Waals surface area contributed by atoms with Gasteiger partial charge >= 0.3 is 0 Å². The van der Waals surface area contributed by atoms with Crippen molar-refractivity contribution in [3.8, 4) is 11.8 Å². The third-order valence-corrected chi connectivity index (χ3v) is 2.50. The molecule has 0 aliphatic carbocycles. The zero-order chi connectivity index (χ0) is 12.7. The predicted octanol–water partition coefficient (Wildman–Crippen LogP) is 2.57. The number of benzene rings is 1. The molecule has 0 saturated heterocycles. The summed E-state index contributed by atoms with van der Waals surface area (Å²) in [5, 5.41) is 8.43. The number of ether oxygens (including phenoxy) is 1. The molecule has 1 aromatic carbocycles. The maximum atomic E-state index is 13.4. The second-order valence-electron chi connectivity index (χ2n) is 3.97. The van der Waals surface area contributed by atoms with Gasteiger partial charge in [0.25, 0.3) is 0 Å². The van der Waals surface area contributed by atoms with E-state index in [1.807, 2.05) is 13.1 Å². The molecule has 0 aliphatic heterocycles. The summed E-state index contributed by atoms with van der Waals surface area (Å²) < 4.78 is 18.3. The molecule has 0 heterocycles. The Balaban J connectivity index is 2.51. The molecule has 1 rings (SSSR count). The van der Waals surface area contributed by atoms with Crippen molar-refractivity contribution in [1.82, 2.24) is 4.90 Å². The second kappa shape index (κ2) is 6.87. The van der Waals surface area contributed by atoms with Crippen LogP contribution in [0.5, 0.6) is 5.75 Å². The van der Waals surface area contributed by atoms with Gasteiger partial charge < -0.3 is 9.64 Å². The largest absolute Gasteiger partial charge is 0.494 e. The molecule has 0 aliphatic rings. The fraction of sp³-hybridized carbons (Fsp3) is 0.462. The summed E-state index contributed by atoms with van der Waals surface area (Å²) in [6, 6.07) is 7.08. The third-order valence-electron chi connectivity index (χ3n) is 2.50. The Hall–Kier alpha value is -1.60. The fourth-order valence-corrected chi connectivity index (χ4v) is 1.63. The van der Waals surface area contributed by atoms with E-state index in [0.717, 1.165) is 18.5 Å². The lowest BCUT2D eigenvalue weighted by Crippen LogP contribution is -2.19. The van der Waals surface area contributed by atoms with Gasteiger partial charge in [-0.25, -0.2) is 4.39 Å². The minimum Gasteiger partial charge on any atom is -0.494 e. The van der Waals surface area contributed by atoms with Gasteiger partial charge in [-0.2, -0.15) is 5.26 Å². The smallest absolute Gasteiger partial charge is 0.165 e. The van der Waals surface area contributed by atoms with Gasteiger partial charge in [-0.1, -0.05) is 6.07 Å². The lowest BCUT2D eigenvalue weighted by atomic mass is 10.2. The van der Waals surface area contributed by atoms with Gasteiger partial charge in [0.15, 0.2) is 11.6 Å². The Morgan fingerprint density at radius 2 is 2.24 bits per heavy atom. The number of nitrogens with zero attached hydrogens (tertiary/aromatic N) is 2. The molecule has 4 heteroatoms. The van der Waals surface area contributed by atoms with Crippen molar-refractivity contribution in [1.29, 1.82) is 5.26 Å². The first-order valence-electron chi connectivity index (χ1n) is 5.55. The average molecular weight is 236 g/mol. The van der Waals surface area contributed by atoms with E-state index in [2.05, 4.69) is 11.0 Å². The van der Waals surface area contributed by atoms with Crippen LogP contribution in [0.3, 0.4) is 0 Å². The minimum atomic E-state index is -0.338. The highest BCUT2D eigenvalue weighted by atomic mass is 19.1. The second-order valence-corrected chi connectivity index (χ2v) is 3.97. The normalized spacial score (nSPS) is 10.3. The first-order valence-corrected chi connectivity index (χ1v) is 5.55. The predicted molar refractivity (Wildman–Crippen MR) is 64.1 cm³/mol. The average Bonchev–Trinajstić information content (AvgIpc) is 2.29. The van der Waals surface area contributed by atoms with Gasteiger partial charge in [-0.3, -0.25) is 0 Å². The van der Waals surface area contributed by atoms with E-state index in [1.165, 1.54) is 13.2 Å². The summed E-state index contributed by atoms with van der Waals surface area (Å²) in [5.41, 5.74) is 0.905. The lowest BCUT2D eigenvalue weighted by Gasteiger charge is -2.16. The Bertz CT molecular complexity index is 401. The van der Waals surface area contributed by atoms with Gasteiger partial charge in [0.2, 0.25) is 0 Å². The van der Waals surface area contributed by atoms with Gasteiger partial charge in [0.1, 0.15) is 0 Å². The van der Waals surface area contributed by atoms with Crippen molar-refractivity contribution < 1.29 is 9.13 Å². The Labute approximate surface area is 101 Å². The highest BCUT2D eigenvalue weighted by Gasteiger charge is 2.05. The van der Waals surface area contributed by atoms with Crippen LogP contribution in [0, 0.1) is 17.1 Å². The van der Waals surface area contributed by atoms with Crippen LogP contribution in [0.25, 0.3) is 0 Å². The van der Waals surface area contributed by atoms with Crippen LogP contribution in [0.15, 0.2) is 18.2 Å². The summed E-state index contributed by atoms with van der Waals surface area (Å²) in [5.74, 6) is -0.0729. The number of nitriles is 1. The molecule has 0 aromatic heterocycles. The molecule has 0 amide bonds. The van der Waals surface area contributed by atoms with Crippen LogP contribution in [0.4, 0.5) is 4.39 Å². The van der Waals surface area contributed by atoms with Gasteiger partial charge in [0, 0.05) is 13.0 Å². The maximum absolute atomic E-state index is 13.4. The summed E-state index contributed by atoms with van der Waals surface area (Å²) in [6.45, 7) is 1.51. The molecule has 0 saturated carbocycles. The summed E-state index contributed by atoms with van der Waals surface area (Å²) >= 11 is 0. The van der Waals surface area contributed by atoms with E-state index in [1.54, 1.807) is 6.07 Å². The summed E-state index contributed by atoms with van der Waals surface area (Å²) in [6.07, 6.45) is 1.40. The zero-order valence-electron chi connectivity index (χ0n) is 10.2. The molecule has 17 heavy (non-hydrogen) atoms. The zero-order valence-corrected chi connectivity index (χ0v) is 10.2.